The number of likely N-dealkylation sites (N-methyl/N-ethyl adjacent to an activating group) is 1. The van der Waals surface area contributed by atoms with E-state index in [-0.39, 0.29) is 5.91 Å². The second kappa shape index (κ2) is 3.62. The van der Waals surface area contributed by atoms with Gasteiger partial charge in [0.05, 0.1) is 5.41 Å². The van der Waals surface area contributed by atoms with Gasteiger partial charge in [0.2, 0.25) is 5.91 Å². The highest BCUT2D eigenvalue weighted by Gasteiger charge is 2.42. The molecule has 5 heteroatoms. The first-order valence-electron chi connectivity index (χ1n) is 5.71. The normalized spacial score (nSPS) is 17.1. The van der Waals surface area contributed by atoms with Crippen LogP contribution in [0.4, 0.5) is 5.69 Å². The molecule has 2 aromatic rings. The first-order valence-corrected chi connectivity index (χ1v) is 6.59. The van der Waals surface area contributed by atoms with E-state index in [1.165, 1.54) is 11.3 Å². The molecule has 0 atom stereocenters. The number of anilines is 1. The largest absolute Gasteiger partial charge is 0.314 e. The van der Waals surface area contributed by atoms with Crippen LogP contribution in [0.15, 0.2) is 23.7 Å². The Morgan fingerprint density at radius 1 is 1.33 bits per heavy atom. The molecule has 0 radical (unpaired) electrons. The van der Waals surface area contributed by atoms with E-state index < -0.39 is 5.41 Å². The van der Waals surface area contributed by atoms with E-state index in [2.05, 4.69) is 10.2 Å². The molecule has 4 nitrogen and oxygen atoms in total. The highest BCUT2D eigenvalue weighted by Crippen LogP contribution is 2.42. The number of amides is 1. The van der Waals surface area contributed by atoms with E-state index >= 15 is 0 Å². The molecule has 18 heavy (non-hydrogen) atoms. The summed E-state index contributed by atoms with van der Waals surface area (Å²) in [6, 6.07) is 6.05. The van der Waals surface area contributed by atoms with Crippen LogP contribution in [0.2, 0.25) is 0 Å². The summed E-state index contributed by atoms with van der Waals surface area (Å²) in [5.41, 5.74) is 4.32. The van der Waals surface area contributed by atoms with Crippen molar-refractivity contribution in [1.82, 2.24) is 10.2 Å². The van der Waals surface area contributed by atoms with E-state index in [0.717, 1.165) is 21.8 Å². The molecule has 1 aliphatic heterocycles. The lowest BCUT2D eigenvalue weighted by Crippen LogP contribution is -2.33. The van der Waals surface area contributed by atoms with Gasteiger partial charge in [-0.15, -0.1) is 10.2 Å². The van der Waals surface area contributed by atoms with Gasteiger partial charge in [0.15, 0.2) is 0 Å². The van der Waals surface area contributed by atoms with Crippen molar-refractivity contribution in [2.24, 2.45) is 0 Å². The Bertz CT molecular complexity index is 619. The second-order valence-electron chi connectivity index (χ2n) is 4.96. The Morgan fingerprint density at radius 3 is 2.78 bits per heavy atom. The minimum absolute atomic E-state index is 0.131. The van der Waals surface area contributed by atoms with Gasteiger partial charge in [-0.05, 0) is 25.5 Å². The van der Waals surface area contributed by atoms with Crippen LogP contribution in [0.5, 0.6) is 0 Å². The molecule has 0 bridgehead atoms. The Labute approximate surface area is 109 Å². The van der Waals surface area contributed by atoms with Crippen molar-refractivity contribution < 1.29 is 4.79 Å². The van der Waals surface area contributed by atoms with E-state index in [4.69, 9.17) is 0 Å². The van der Waals surface area contributed by atoms with Crippen LogP contribution in [0, 0.1) is 0 Å². The van der Waals surface area contributed by atoms with Crippen molar-refractivity contribution >= 4 is 22.9 Å². The quantitative estimate of drug-likeness (QED) is 0.790. The molecule has 92 valence electrons. The van der Waals surface area contributed by atoms with Crippen molar-refractivity contribution in [2.75, 3.05) is 11.9 Å². The molecule has 0 spiro atoms. The van der Waals surface area contributed by atoms with Crippen molar-refractivity contribution in [2.45, 2.75) is 19.3 Å². The molecule has 0 fully saturated rings. The zero-order valence-corrected chi connectivity index (χ0v) is 11.3. The predicted molar refractivity (Wildman–Crippen MR) is 71.8 cm³/mol. The van der Waals surface area contributed by atoms with Crippen LogP contribution < -0.4 is 4.90 Å². The Hall–Kier alpha value is -1.75. The standard InChI is InChI=1S/C13H13N3OS/c1-13(2)9-5-4-8(11-15-14-7-18-11)6-10(9)16(3)12(13)17/h4-7H,1-3H3. The molecule has 2 heterocycles. The molecule has 1 aromatic carbocycles. The Morgan fingerprint density at radius 2 is 2.11 bits per heavy atom. The molecule has 1 amide bonds. The number of rotatable bonds is 1. The maximum atomic E-state index is 12.2. The number of hydrogen-bond donors (Lipinski definition) is 0. The molecule has 1 aliphatic rings. The third kappa shape index (κ3) is 1.40. The third-order valence-electron chi connectivity index (χ3n) is 3.48. The van der Waals surface area contributed by atoms with Gasteiger partial charge >= 0.3 is 0 Å². The fourth-order valence-electron chi connectivity index (χ4n) is 2.41. The third-order valence-corrected chi connectivity index (χ3v) is 4.22. The number of nitrogens with zero attached hydrogens (tertiary/aromatic N) is 3. The molecule has 0 aliphatic carbocycles. The molecule has 0 saturated carbocycles. The maximum Gasteiger partial charge on any atom is 0.236 e. The van der Waals surface area contributed by atoms with Crippen LogP contribution >= 0.6 is 11.3 Å². The average Bonchev–Trinajstić information content (AvgIpc) is 2.94. The van der Waals surface area contributed by atoms with E-state index in [1.807, 2.05) is 39.1 Å². The van der Waals surface area contributed by atoms with Gasteiger partial charge in [0.25, 0.3) is 0 Å². The number of aromatic nitrogens is 2. The zero-order chi connectivity index (χ0) is 12.9. The minimum Gasteiger partial charge on any atom is -0.314 e. The van der Waals surface area contributed by atoms with E-state index in [9.17, 15) is 4.79 Å². The summed E-state index contributed by atoms with van der Waals surface area (Å²) in [6.45, 7) is 3.92. The summed E-state index contributed by atoms with van der Waals surface area (Å²) in [6.07, 6.45) is 0. The smallest absolute Gasteiger partial charge is 0.236 e. The Kier molecular flexibility index (Phi) is 2.28. The van der Waals surface area contributed by atoms with Gasteiger partial charge in [-0.3, -0.25) is 4.79 Å². The number of benzene rings is 1. The number of fused-ring (bicyclic) bond motifs is 1. The van der Waals surface area contributed by atoms with Gasteiger partial charge < -0.3 is 4.90 Å². The summed E-state index contributed by atoms with van der Waals surface area (Å²) in [4.78, 5) is 13.9. The van der Waals surface area contributed by atoms with Crippen LogP contribution in [0.1, 0.15) is 19.4 Å². The SMILES string of the molecule is CN1C(=O)C(C)(C)c2ccc(-c3nncs3)cc21. The van der Waals surface area contributed by atoms with Gasteiger partial charge in [-0.1, -0.05) is 23.5 Å². The van der Waals surface area contributed by atoms with Crippen LogP contribution in [0.25, 0.3) is 10.6 Å². The van der Waals surface area contributed by atoms with Gasteiger partial charge in [-0.25, -0.2) is 0 Å². The second-order valence-corrected chi connectivity index (χ2v) is 5.80. The topological polar surface area (TPSA) is 46.1 Å². The molecular formula is C13H13N3OS. The molecule has 0 unspecified atom stereocenters. The van der Waals surface area contributed by atoms with Gasteiger partial charge in [0, 0.05) is 18.3 Å². The monoisotopic (exact) mass is 259 g/mol. The summed E-state index contributed by atoms with van der Waals surface area (Å²) >= 11 is 1.50. The average molecular weight is 259 g/mol. The number of hydrogen-bond acceptors (Lipinski definition) is 4. The van der Waals surface area contributed by atoms with Crippen molar-refractivity contribution in [3.8, 4) is 10.6 Å². The number of carbonyl (C=O) groups excluding carboxylic acids is 1. The fraction of sp³-hybridized carbons (Fsp3) is 0.308. The zero-order valence-electron chi connectivity index (χ0n) is 10.5. The maximum absolute atomic E-state index is 12.2. The summed E-state index contributed by atoms with van der Waals surface area (Å²) in [7, 11) is 1.82. The minimum atomic E-state index is -0.441. The van der Waals surface area contributed by atoms with E-state index in [0.29, 0.717) is 0 Å². The van der Waals surface area contributed by atoms with Crippen molar-refractivity contribution in [3.05, 3.63) is 29.3 Å². The summed E-state index contributed by atoms with van der Waals surface area (Å²) in [5, 5.41) is 8.78. The van der Waals surface area contributed by atoms with Gasteiger partial charge in [0.1, 0.15) is 10.5 Å². The lowest BCUT2D eigenvalue weighted by atomic mass is 9.86. The van der Waals surface area contributed by atoms with Crippen LogP contribution in [-0.4, -0.2) is 23.2 Å². The van der Waals surface area contributed by atoms with Crippen LogP contribution in [-0.2, 0) is 10.2 Å². The molecule has 1 aromatic heterocycles. The van der Waals surface area contributed by atoms with Crippen LogP contribution in [0.3, 0.4) is 0 Å². The van der Waals surface area contributed by atoms with Gasteiger partial charge in [-0.2, -0.15) is 0 Å². The van der Waals surface area contributed by atoms with E-state index in [1.54, 1.807) is 10.4 Å². The summed E-state index contributed by atoms with van der Waals surface area (Å²) in [5.74, 6) is 0.131. The lowest BCUT2D eigenvalue weighted by molar-refractivity contribution is -0.121. The highest BCUT2D eigenvalue weighted by molar-refractivity contribution is 7.12. The fourth-order valence-corrected chi connectivity index (χ4v) is 2.96. The highest BCUT2D eigenvalue weighted by atomic mass is 32.1. The first kappa shape index (κ1) is 11.3. The first-order chi connectivity index (χ1) is 8.51. The lowest BCUT2D eigenvalue weighted by Gasteiger charge is -2.16. The molecular weight excluding hydrogens is 246 g/mol. The molecule has 0 saturated heterocycles. The summed E-state index contributed by atoms with van der Waals surface area (Å²) < 4.78 is 0. The van der Waals surface area contributed by atoms with Crippen molar-refractivity contribution in [3.63, 3.8) is 0 Å². The molecule has 0 N–H and O–H groups in total. The Balaban J connectivity index is 2.17. The van der Waals surface area contributed by atoms with Crippen molar-refractivity contribution in [1.29, 1.82) is 0 Å². The molecule has 3 rings (SSSR count). The predicted octanol–water partition coefficient (Wildman–Crippen LogP) is 2.46. The number of carbonyl (C=O) groups is 1.